The molecule has 0 atom stereocenters. The second-order valence-electron chi connectivity index (χ2n) is 8.64. The maximum absolute atomic E-state index is 12.8. The predicted octanol–water partition coefficient (Wildman–Crippen LogP) is 2.93. The van der Waals surface area contributed by atoms with Gasteiger partial charge >= 0.3 is 0 Å². The van der Waals surface area contributed by atoms with Crippen molar-refractivity contribution in [2.24, 2.45) is 21.5 Å². The first-order chi connectivity index (χ1) is 17.6. The number of hydrogen-bond donors (Lipinski definition) is 6. The minimum atomic E-state index is -0.703. The molecular formula is C28H32N8O. The number of aryl methyl sites for hydroxylation is 1. The van der Waals surface area contributed by atoms with Crippen molar-refractivity contribution >= 4 is 63.4 Å². The van der Waals surface area contributed by atoms with E-state index in [1.807, 2.05) is 45.0 Å². The van der Waals surface area contributed by atoms with E-state index in [9.17, 15) is 4.79 Å². The van der Waals surface area contributed by atoms with Gasteiger partial charge in [-0.15, -0.1) is 0 Å². The van der Waals surface area contributed by atoms with E-state index in [0.717, 1.165) is 33.5 Å². The molecule has 0 aliphatic rings. The lowest BCUT2D eigenvalue weighted by Crippen LogP contribution is -2.32. The van der Waals surface area contributed by atoms with Gasteiger partial charge in [0.05, 0.1) is 11.0 Å². The van der Waals surface area contributed by atoms with Gasteiger partial charge in [-0.3, -0.25) is 4.79 Å². The van der Waals surface area contributed by atoms with Gasteiger partial charge in [-0.25, -0.2) is 9.98 Å². The Balaban J connectivity index is 2.43. The summed E-state index contributed by atoms with van der Waals surface area (Å²) in [6.07, 6.45) is 6.05. The number of carbonyl (C=O) groups is 1. The number of aromatic nitrogens is 1. The molecule has 3 aromatic rings. The van der Waals surface area contributed by atoms with Crippen molar-refractivity contribution < 1.29 is 4.79 Å². The van der Waals surface area contributed by atoms with E-state index in [-0.39, 0.29) is 11.5 Å². The van der Waals surface area contributed by atoms with Crippen LogP contribution in [0, 0.1) is 17.7 Å². The summed E-state index contributed by atoms with van der Waals surface area (Å²) in [4.78, 5) is 25.2. The Labute approximate surface area is 215 Å². The zero-order chi connectivity index (χ0) is 27.3. The van der Waals surface area contributed by atoms with Gasteiger partial charge in [-0.2, -0.15) is 0 Å². The van der Waals surface area contributed by atoms with Gasteiger partial charge in [0.15, 0.2) is 5.70 Å². The molecule has 1 heterocycles. The van der Waals surface area contributed by atoms with Gasteiger partial charge in [0.2, 0.25) is 0 Å². The molecule has 0 aliphatic carbocycles. The summed E-state index contributed by atoms with van der Waals surface area (Å²) in [5.74, 6) is -0.476. The van der Waals surface area contributed by atoms with E-state index in [2.05, 4.69) is 15.0 Å². The second kappa shape index (κ2) is 11.3. The highest BCUT2D eigenvalue weighted by molar-refractivity contribution is 6.17. The fraction of sp³-hybridized carbons (Fsp3) is 0.179. The van der Waals surface area contributed by atoms with Gasteiger partial charge in [-0.05, 0) is 63.1 Å². The number of fused-ring (bicyclic) bond motifs is 1. The number of nitrogens with zero attached hydrogens (tertiary/aromatic N) is 2. The minimum absolute atomic E-state index is 0.0539. The lowest BCUT2D eigenvalue weighted by atomic mass is 10.0. The van der Waals surface area contributed by atoms with E-state index >= 15 is 0 Å². The monoisotopic (exact) mass is 496 g/mol. The normalized spacial score (nSPS) is 14.2. The Morgan fingerprint density at radius 1 is 1.14 bits per heavy atom. The zero-order valence-electron chi connectivity index (χ0n) is 21.4. The Bertz CT molecular complexity index is 1620. The molecular weight excluding hydrogens is 464 g/mol. The number of nitrogens with one attached hydrogen (secondary N) is 3. The van der Waals surface area contributed by atoms with Crippen LogP contribution in [0.25, 0.3) is 22.2 Å². The number of benzene rings is 2. The smallest absolute Gasteiger partial charge is 0.269 e. The number of allylic oxidation sites excluding steroid dienone is 1. The van der Waals surface area contributed by atoms with Crippen LogP contribution in [-0.2, 0) is 4.79 Å². The van der Waals surface area contributed by atoms with Crippen LogP contribution in [0.2, 0.25) is 0 Å². The number of hydrogen-bond acceptors (Lipinski definition) is 6. The molecule has 9 nitrogen and oxygen atoms in total. The number of nitrogen functional groups attached to an aromatic ring is 1. The van der Waals surface area contributed by atoms with Crippen LogP contribution in [0.4, 0.5) is 11.4 Å². The Hall–Kier alpha value is -4.79. The standard InChI is InChI=1S/C28H32N8O/c1-5-16(3)24-25-19(14-30)20(31)10-11-21(25)36-26(24)27(28(33)37)34-17(4)18-9-8-15(2)13-22(18)35-23(32)7-6-12-29/h6-14,29-30,36H,5,31H2,1-4H3,(H2,32,35)(H2,33,37)/b7-6-,24-16+,27-26+,29-12?,30-14?,34-17?. The van der Waals surface area contributed by atoms with E-state index in [4.69, 9.17) is 28.0 Å². The summed E-state index contributed by atoms with van der Waals surface area (Å²) in [6, 6.07) is 9.19. The average molecular weight is 497 g/mol. The Kier molecular flexibility index (Phi) is 8.19. The molecule has 3 rings (SSSR count). The summed E-state index contributed by atoms with van der Waals surface area (Å²) in [7, 11) is 0. The number of amidine groups is 1. The van der Waals surface area contributed by atoms with E-state index in [0.29, 0.717) is 40.0 Å². The SMILES string of the molecule is CC/C(C)=c1/c(=C(\N=C(C)c2ccc(C)cc2N=C(N)/C=C\C=N)C(N)=O)[nH]c2ccc(N)c(C=N)c12. The number of aliphatic imine (C=N–C) groups is 2. The molecule has 9 N–H and O–H groups in total. The summed E-state index contributed by atoms with van der Waals surface area (Å²) < 4.78 is 0. The lowest BCUT2D eigenvalue weighted by Gasteiger charge is -2.08. The summed E-state index contributed by atoms with van der Waals surface area (Å²) in [6.45, 7) is 7.69. The van der Waals surface area contributed by atoms with Crippen molar-refractivity contribution in [3.8, 4) is 0 Å². The van der Waals surface area contributed by atoms with Crippen molar-refractivity contribution in [2.75, 3.05) is 5.73 Å². The summed E-state index contributed by atoms with van der Waals surface area (Å²) in [5, 5.41) is 17.1. The maximum Gasteiger partial charge on any atom is 0.269 e. The van der Waals surface area contributed by atoms with Gasteiger partial charge in [-0.1, -0.05) is 24.6 Å². The number of carbonyl (C=O) groups excluding carboxylic acids is 1. The molecule has 190 valence electrons. The van der Waals surface area contributed by atoms with Gasteiger partial charge < -0.3 is 33.0 Å². The third kappa shape index (κ3) is 5.56. The van der Waals surface area contributed by atoms with Crippen LogP contribution in [0.1, 0.15) is 43.9 Å². The van der Waals surface area contributed by atoms with Gasteiger partial charge in [0.25, 0.3) is 5.91 Å². The first-order valence-corrected chi connectivity index (χ1v) is 11.7. The van der Waals surface area contributed by atoms with Crippen LogP contribution in [0.3, 0.4) is 0 Å². The van der Waals surface area contributed by atoms with Crippen LogP contribution in [0.15, 0.2) is 52.5 Å². The highest BCUT2D eigenvalue weighted by Gasteiger charge is 2.16. The molecule has 0 bridgehead atoms. The number of anilines is 1. The maximum atomic E-state index is 12.8. The third-order valence-corrected chi connectivity index (χ3v) is 6.05. The van der Waals surface area contributed by atoms with Gasteiger partial charge in [0.1, 0.15) is 5.84 Å². The Morgan fingerprint density at radius 2 is 1.86 bits per heavy atom. The van der Waals surface area contributed by atoms with Crippen LogP contribution >= 0.6 is 0 Å². The van der Waals surface area contributed by atoms with Crippen molar-refractivity contribution in [1.82, 2.24) is 4.98 Å². The zero-order valence-corrected chi connectivity index (χ0v) is 21.4. The molecule has 0 spiro atoms. The number of rotatable bonds is 8. The van der Waals surface area contributed by atoms with E-state index in [1.54, 1.807) is 13.0 Å². The molecule has 0 radical (unpaired) electrons. The Morgan fingerprint density at radius 3 is 2.49 bits per heavy atom. The molecule has 0 saturated heterocycles. The molecule has 1 aromatic heterocycles. The predicted molar refractivity (Wildman–Crippen MR) is 154 cm³/mol. The molecule has 2 aromatic carbocycles. The van der Waals surface area contributed by atoms with Crippen molar-refractivity contribution in [3.05, 3.63) is 69.7 Å². The topological polar surface area (TPSA) is 183 Å². The van der Waals surface area contributed by atoms with Crippen molar-refractivity contribution in [3.63, 3.8) is 0 Å². The number of aromatic amines is 1. The second-order valence-corrected chi connectivity index (χ2v) is 8.64. The number of amides is 1. The van der Waals surface area contributed by atoms with Crippen molar-refractivity contribution in [2.45, 2.75) is 34.1 Å². The minimum Gasteiger partial charge on any atom is -0.398 e. The molecule has 9 heteroatoms. The molecule has 0 aliphatic heterocycles. The first kappa shape index (κ1) is 26.8. The summed E-state index contributed by atoms with van der Waals surface area (Å²) in [5.41, 5.74) is 23.6. The highest BCUT2D eigenvalue weighted by atomic mass is 16.1. The van der Waals surface area contributed by atoms with Crippen LogP contribution in [-0.4, -0.2) is 34.9 Å². The molecule has 0 fully saturated rings. The highest BCUT2D eigenvalue weighted by Crippen LogP contribution is 2.23. The summed E-state index contributed by atoms with van der Waals surface area (Å²) >= 11 is 0. The largest absolute Gasteiger partial charge is 0.398 e. The molecule has 37 heavy (non-hydrogen) atoms. The molecule has 0 unspecified atom stereocenters. The van der Waals surface area contributed by atoms with E-state index < -0.39 is 5.91 Å². The van der Waals surface area contributed by atoms with Crippen LogP contribution < -0.4 is 27.8 Å². The number of H-pyrrole nitrogens is 1. The number of primary amides is 1. The van der Waals surface area contributed by atoms with E-state index in [1.165, 1.54) is 18.4 Å². The lowest BCUT2D eigenvalue weighted by molar-refractivity contribution is -0.113. The number of nitrogens with two attached hydrogens (primary N) is 3. The van der Waals surface area contributed by atoms with Gasteiger partial charge in [0, 0.05) is 51.1 Å². The molecule has 1 amide bonds. The average Bonchev–Trinajstić information content (AvgIpc) is 3.24. The quantitative estimate of drug-likeness (QED) is 0.159. The third-order valence-electron chi connectivity index (χ3n) is 6.05. The first-order valence-electron chi connectivity index (χ1n) is 11.7. The van der Waals surface area contributed by atoms with Crippen LogP contribution in [0.5, 0.6) is 0 Å². The fourth-order valence-corrected chi connectivity index (χ4v) is 4.09. The fourth-order valence-electron chi connectivity index (χ4n) is 4.09. The van der Waals surface area contributed by atoms with Crippen molar-refractivity contribution in [1.29, 1.82) is 10.8 Å². The molecule has 0 saturated carbocycles.